The Morgan fingerprint density at radius 3 is 2.62 bits per heavy atom. The number of nitrogens with zero attached hydrogens (tertiary/aromatic N) is 1. The lowest BCUT2D eigenvalue weighted by Crippen LogP contribution is -2.49. The van der Waals surface area contributed by atoms with Crippen molar-refractivity contribution in [2.45, 2.75) is 39.8 Å². The zero-order chi connectivity index (χ0) is 21.4. The minimum atomic E-state index is -0.774. The van der Waals surface area contributed by atoms with E-state index in [0.717, 1.165) is 12.0 Å². The predicted molar refractivity (Wildman–Crippen MR) is 111 cm³/mol. The van der Waals surface area contributed by atoms with Gasteiger partial charge in [-0.2, -0.15) is 0 Å². The van der Waals surface area contributed by atoms with Crippen molar-refractivity contribution in [2.75, 3.05) is 13.2 Å². The van der Waals surface area contributed by atoms with E-state index in [1.807, 2.05) is 13.8 Å². The standard InChI is InChI=1S/C22H26ClFN2O3/c1-4-11-25-22(28)16(3)26(13-17-7-5-6-8-20(17)24)21(27)14-29-18-9-10-19(23)15(2)12-18/h5-10,12,16H,4,11,13-14H2,1-3H3,(H,25,28)/t16-/m0/s1. The molecule has 0 fully saturated rings. The summed E-state index contributed by atoms with van der Waals surface area (Å²) in [6, 6.07) is 10.5. The Morgan fingerprint density at radius 1 is 1.24 bits per heavy atom. The molecule has 0 aliphatic heterocycles. The van der Waals surface area contributed by atoms with Gasteiger partial charge in [-0.05, 0) is 50.1 Å². The van der Waals surface area contributed by atoms with Crippen molar-refractivity contribution >= 4 is 23.4 Å². The second-order valence-corrected chi connectivity index (χ2v) is 7.19. The Kier molecular flexibility index (Phi) is 8.46. The Balaban J connectivity index is 2.15. The first kappa shape index (κ1) is 22.7. The zero-order valence-electron chi connectivity index (χ0n) is 16.9. The summed E-state index contributed by atoms with van der Waals surface area (Å²) in [4.78, 5) is 26.6. The summed E-state index contributed by atoms with van der Waals surface area (Å²) in [6.45, 7) is 5.59. The van der Waals surface area contributed by atoms with Crippen LogP contribution >= 0.6 is 11.6 Å². The van der Waals surface area contributed by atoms with Gasteiger partial charge in [0.1, 0.15) is 17.6 Å². The van der Waals surface area contributed by atoms with E-state index >= 15 is 0 Å². The van der Waals surface area contributed by atoms with Crippen LogP contribution in [0.3, 0.4) is 0 Å². The number of hydrogen-bond donors (Lipinski definition) is 1. The van der Waals surface area contributed by atoms with E-state index < -0.39 is 17.8 Å². The Labute approximate surface area is 175 Å². The van der Waals surface area contributed by atoms with Gasteiger partial charge in [0, 0.05) is 23.7 Å². The molecule has 0 aliphatic carbocycles. The summed E-state index contributed by atoms with van der Waals surface area (Å²) >= 11 is 6.01. The quantitative estimate of drug-likeness (QED) is 0.664. The van der Waals surface area contributed by atoms with Crippen molar-refractivity contribution in [1.82, 2.24) is 10.2 Å². The van der Waals surface area contributed by atoms with Crippen LogP contribution in [-0.4, -0.2) is 35.9 Å². The molecule has 0 saturated heterocycles. The summed E-state index contributed by atoms with van der Waals surface area (Å²) in [5, 5.41) is 3.38. The first-order chi connectivity index (χ1) is 13.8. The van der Waals surface area contributed by atoms with Gasteiger partial charge in [-0.25, -0.2) is 4.39 Å². The smallest absolute Gasteiger partial charge is 0.261 e. The monoisotopic (exact) mass is 420 g/mol. The van der Waals surface area contributed by atoms with Crippen molar-refractivity contribution in [2.24, 2.45) is 0 Å². The van der Waals surface area contributed by atoms with Gasteiger partial charge in [-0.15, -0.1) is 0 Å². The summed E-state index contributed by atoms with van der Waals surface area (Å²) in [6.07, 6.45) is 0.777. The van der Waals surface area contributed by atoms with Crippen LogP contribution in [-0.2, 0) is 16.1 Å². The summed E-state index contributed by atoms with van der Waals surface area (Å²) < 4.78 is 19.7. The molecule has 0 aliphatic rings. The molecule has 2 amide bonds. The average Bonchev–Trinajstić information content (AvgIpc) is 2.71. The predicted octanol–water partition coefficient (Wildman–Crippen LogP) is 4.11. The van der Waals surface area contributed by atoms with Crippen LogP contribution in [0.2, 0.25) is 5.02 Å². The number of halogens is 2. The number of rotatable bonds is 9. The first-order valence-electron chi connectivity index (χ1n) is 9.53. The lowest BCUT2D eigenvalue weighted by atomic mass is 10.1. The molecule has 0 aromatic heterocycles. The van der Waals surface area contributed by atoms with E-state index in [2.05, 4.69) is 5.32 Å². The maximum absolute atomic E-state index is 14.1. The SMILES string of the molecule is CCCNC(=O)[C@H](C)N(Cc1ccccc1F)C(=O)COc1ccc(Cl)c(C)c1. The lowest BCUT2D eigenvalue weighted by Gasteiger charge is -2.29. The number of amides is 2. The third-order valence-corrected chi connectivity index (χ3v) is 4.93. The van der Waals surface area contributed by atoms with Crippen LogP contribution in [0.4, 0.5) is 4.39 Å². The third kappa shape index (κ3) is 6.46. The van der Waals surface area contributed by atoms with Crippen molar-refractivity contribution < 1.29 is 18.7 Å². The average molecular weight is 421 g/mol. The Bertz CT molecular complexity index is 860. The summed E-state index contributed by atoms with van der Waals surface area (Å²) in [5.41, 5.74) is 1.16. The largest absolute Gasteiger partial charge is 0.484 e. The molecule has 1 atom stereocenters. The molecule has 0 bridgehead atoms. The zero-order valence-corrected chi connectivity index (χ0v) is 17.6. The minimum Gasteiger partial charge on any atom is -0.484 e. The molecule has 0 saturated carbocycles. The number of carbonyl (C=O) groups excluding carboxylic acids is 2. The van der Waals surface area contributed by atoms with Gasteiger partial charge in [-0.1, -0.05) is 36.7 Å². The van der Waals surface area contributed by atoms with Crippen molar-refractivity contribution in [1.29, 1.82) is 0 Å². The summed E-state index contributed by atoms with van der Waals surface area (Å²) in [5.74, 6) is -0.645. The number of carbonyl (C=O) groups is 2. The van der Waals surface area contributed by atoms with Crippen LogP contribution in [0.15, 0.2) is 42.5 Å². The fourth-order valence-electron chi connectivity index (χ4n) is 2.72. The van der Waals surface area contributed by atoms with Gasteiger partial charge in [0.15, 0.2) is 6.61 Å². The van der Waals surface area contributed by atoms with E-state index in [4.69, 9.17) is 16.3 Å². The van der Waals surface area contributed by atoms with Gasteiger partial charge in [0.2, 0.25) is 5.91 Å². The highest BCUT2D eigenvalue weighted by Gasteiger charge is 2.27. The maximum Gasteiger partial charge on any atom is 0.261 e. The summed E-state index contributed by atoms with van der Waals surface area (Å²) in [7, 11) is 0. The highest BCUT2D eigenvalue weighted by molar-refractivity contribution is 6.31. The minimum absolute atomic E-state index is 0.0325. The number of ether oxygens (including phenoxy) is 1. The highest BCUT2D eigenvalue weighted by Crippen LogP contribution is 2.21. The fraction of sp³-hybridized carbons (Fsp3) is 0.364. The van der Waals surface area contributed by atoms with E-state index in [9.17, 15) is 14.0 Å². The van der Waals surface area contributed by atoms with Gasteiger partial charge < -0.3 is 15.0 Å². The molecule has 0 spiro atoms. The molecule has 0 radical (unpaired) electrons. The van der Waals surface area contributed by atoms with Crippen molar-refractivity contribution in [3.8, 4) is 5.75 Å². The van der Waals surface area contributed by atoms with Gasteiger partial charge in [-0.3, -0.25) is 9.59 Å². The lowest BCUT2D eigenvalue weighted by molar-refractivity contribution is -0.142. The van der Waals surface area contributed by atoms with E-state index in [-0.39, 0.29) is 19.1 Å². The van der Waals surface area contributed by atoms with Crippen LogP contribution in [0.1, 0.15) is 31.4 Å². The molecule has 5 nitrogen and oxygen atoms in total. The number of nitrogens with one attached hydrogen (secondary N) is 1. The van der Waals surface area contributed by atoms with Gasteiger partial charge >= 0.3 is 0 Å². The van der Waals surface area contributed by atoms with E-state index in [1.54, 1.807) is 43.3 Å². The molecule has 0 heterocycles. The molecule has 2 rings (SSSR count). The maximum atomic E-state index is 14.1. The molecule has 156 valence electrons. The van der Waals surface area contributed by atoms with Gasteiger partial charge in [0.25, 0.3) is 5.91 Å². The van der Waals surface area contributed by atoms with Crippen LogP contribution in [0, 0.1) is 12.7 Å². The molecular formula is C22H26ClFN2O3. The molecule has 7 heteroatoms. The van der Waals surface area contributed by atoms with Crippen LogP contribution in [0.5, 0.6) is 5.75 Å². The van der Waals surface area contributed by atoms with Crippen LogP contribution in [0.25, 0.3) is 0 Å². The second-order valence-electron chi connectivity index (χ2n) is 6.78. The number of aryl methyl sites for hydroxylation is 1. The van der Waals surface area contributed by atoms with Crippen molar-refractivity contribution in [3.63, 3.8) is 0 Å². The van der Waals surface area contributed by atoms with Crippen molar-refractivity contribution in [3.05, 3.63) is 64.4 Å². The number of hydrogen-bond acceptors (Lipinski definition) is 3. The molecule has 0 unspecified atom stereocenters. The molecule has 1 N–H and O–H groups in total. The third-order valence-electron chi connectivity index (χ3n) is 4.51. The van der Waals surface area contributed by atoms with Crippen LogP contribution < -0.4 is 10.1 Å². The topological polar surface area (TPSA) is 58.6 Å². The Morgan fingerprint density at radius 2 is 1.97 bits per heavy atom. The van der Waals surface area contributed by atoms with E-state index in [0.29, 0.717) is 22.9 Å². The van der Waals surface area contributed by atoms with E-state index in [1.165, 1.54) is 11.0 Å². The molecule has 29 heavy (non-hydrogen) atoms. The second kappa shape index (κ2) is 10.8. The number of benzene rings is 2. The first-order valence-corrected chi connectivity index (χ1v) is 9.90. The molecule has 2 aromatic carbocycles. The molecular weight excluding hydrogens is 395 g/mol. The highest BCUT2D eigenvalue weighted by atomic mass is 35.5. The van der Waals surface area contributed by atoms with Gasteiger partial charge in [0.05, 0.1) is 0 Å². The fourth-order valence-corrected chi connectivity index (χ4v) is 2.84. The normalized spacial score (nSPS) is 11.6. The molecule has 2 aromatic rings. The Hall–Kier alpha value is -2.60.